The molecule has 8 nitrogen and oxygen atoms in total. The normalized spacial score (nSPS) is 11.6. The van der Waals surface area contributed by atoms with Crippen LogP contribution in [0.2, 0.25) is 0 Å². The van der Waals surface area contributed by atoms with Gasteiger partial charge in [-0.25, -0.2) is 9.37 Å². The van der Waals surface area contributed by atoms with Gasteiger partial charge in [-0.15, -0.1) is 0 Å². The zero-order valence-electron chi connectivity index (χ0n) is 15.6. The Labute approximate surface area is 166 Å². The number of halogens is 4. The number of H-pyrrole nitrogens is 1. The predicted molar refractivity (Wildman–Crippen MR) is 96.0 cm³/mol. The highest BCUT2D eigenvalue weighted by Gasteiger charge is 2.37. The van der Waals surface area contributed by atoms with Crippen molar-refractivity contribution in [3.63, 3.8) is 0 Å². The number of anilines is 1. The molecule has 2 heterocycles. The largest absolute Gasteiger partial charge is 0.507 e. The summed E-state index contributed by atoms with van der Waals surface area (Å²) < 4.78 is 53.7. The molecule has 0 fully saturated rings. The van der Waals surface area contributed by atoms with E-state index in [-0.39, 0.29) is 22.6 Å². The number of phenols is 1. The van der Waals surface area contributed by atoms with Crippen LogP contribution in [0.4, 0.5) is 23.2 Å². The molecule has 3 aromatic rings. The van der Waals surface area contributed by atoms with E-state index in [4.69, 9.17) is 0 Å². The highest BCUT2D eigenvalue weighted by Crippen LogP contribution is 2.35. The number of carbonyl (C=O) groups excluding carboxylic acids is 1. The number of hydrogen-bond donors (Lipinski definition) is 4. The molecule has 3 rings (SSSR count). The molecule has 0 saturated carbocycles. The summed E-state index contributed by atoms with van der Waals surface area (Å²) in [7, 11) is 0. The van der Waals surface area contributed by atoms with E-state index in [1.807, 2.05) is 5.32 Å². The molecule has 4 N–H and O–H groups in total. The summed E-state index contributed by atoms with van der Waals surface area (Å²) in [6, 6.07) is 1.57. The Balaban J connectivity index is 1.97. The molecule has 1 amide bonds. The van der Waals surface area contributed by atoms with Crippen LogP contribution in [0.1, 0.15) is 33.1 Å². The minimum Gasteiger partial charge on any atom is -0.507 e. The molecule has 0 atom stereocenters. The van der Waals surface area contributed by atoms with E-state index >= 15 is 0 Å². The van der Waals surface area contributed by atoms with Gasteiger partial charge in [0.05, 0.1) is 46.8 Å². The number of aliphatic hydroxyl groups is 1. The van der Waals surface area contributed by atoms with Crippen molar-refractivity contribution in [3.05, 3.63) is 52.5 Å². The lowest BCUT2D eigenvalue weighted by Crippen LogP contribution is -2.17. The number of phenolic OH excluding ortho intramolecular Hbond substituents is 1. The molecule has 0 bridgehead atoms. The number of nitrogens with zero attached hydrogens (tertiary/aromatic N) is 3. The lowest BCUT2D eigenvalue weighted by Gasteiger charge is -2.12. The Kier molecular flexibility index (Phi) is 5.44. The Morgan fingerprint density at radius 3 is 2.57 bits per heavy atom. The lowest BCUT2D eigenvalue weighted by molar-refractivity contribution is -0.140. The van der Waals surface area contributed by atoms with Crippen molar-refractivity contribution in [1.29, 1.82) is 0 Å². The first kappa shape index (κ1) is 21.2. The number of nitrogens with one attached hydrogen (secondary N) is 2. The number of aliphatic hydroxyl groups excluding tert-OH is 1. The van der Waals surface area contributed by atoms with Crippen LogP contribution in [0, 0.1) is 19.7 Å². The number of amides is 1. The van der Waals surface area contributed by atoms with Crippen molar-refractivity contribution >= 4 is 11.6 Å². The number of aromatic nitrogens is 4. The van der Waals surface area contributed by atoms with Crippen molar-refractivity contribution in [1.82, 2.24) is 20.2 Å². The average Bonchev–Trinajstić information content (AvgIpc) is 3.04. The Morgan fingerprint density at radius 1 is 1.23 bits per heavy atom. The molecule has 0 unspecified atom stereocenters. The molecular weight excluding hydrogens is 410 g/mol. The number of rotatable bonds is 4. The number of benzene rings is 1. The third kappa shape index (κ3) is 3.94. The molecule has 0 spiro atoms. The molecule has 158 valence electrons. The molecule has 0 radical (unpaired) electrons. The van der Waals surface area contributed by atoms with Crippen LogP contribution in [0.5, 0.6) is 5.75 Å². The summed E-state index contributed by atoms with van der Waals surface area (Å²) >= 11 is 0. The SMILES string of the molecule is Cc1ncc(-c2cc(O)c(C(=O)Nc3c(C)n[nH]c3C(F)(F)F)cc2F)nc1CO. The third-order valence-corrected chi connectivity index (χ3v) is 4.28. The van der Waals surface area contributed by atoms with Crippen molar-refractivity contribution in [3.8, 4) is 17.0 Å². The van der Waals surface area contributed by atoms with Gasteiger partial charge >= 0.3 is 6.18 Å². The second-order valence-electron chi connectivity index (χ2n) is 6.31. The number of carbonyl (C=O) groups is 1. The van der Waals surface area contributed by atoms with Crippen molar-refractivity contribution in [2.45, 2.75) is 26.6 Å². The lowest BCUT2D eigenvalue weighted by atomic mass is 10.1. The zero-order valence-corrected chi connectivity index (χ0v) is 15.6. The number of hydrogen-bond acceptors (Lipinski definition) is 6. The maximum atomic E-state index is 14.6. The van der Waals surface area contributed by atoms with E-state index in [0.717, 1.165) is 6.07 Å². The summed E-state index contributed by atoms with van der Waals surface area (Å²) in [5.74, 6) is -2.83. The van der Waals surface area contributed by atoms with Crippen molar-refractivity contribution in [2.75, 3.05) is 5.32 Å². The van der Waals surface area contributed by atoms with Gasteiger partial charge in [0, 0.05) is 5.56 Å². The Hall–Kier alpha value is -3.54. The topological polar surface area (TPSA) is 124 Å². The van der Waals surface area contributed by atoms with Gasteiger partial charge in [-0.05, 0) is 26.0 Å². The van der Waals surface area contributed by atoms with E-state index in [2.05, 4.69) is 15.1 Å². The Bertz CT molecular complexity index is 1130. The fourth-order valence-corrected chi connectivity index (χ4v) is 2.68. The first-order valence-corrected chi connectivity index (χ1v) is 8.42. The molecule has 12 heteroatoms. The Morgan fingerprint density at radius 2 is 1.93 bits per heavy atom. The summed E-state index contributed by atoms with van der Waals surface area (Å²) in [6.45, 7) is 2.39. The second kappa shape index (κ2) is 7.71. The molecule has 0 aliphatic carbocycles. The van der Waals surface area contributed by atoms with Crippen LogP contribution in [0.3, 0.4) is 0 Å². The van der Waals surface area contributed by atoms with Crippen LogP contribution < -0.4 is 5.32 Å². The van der Waals surface area contributed by atoms with Gasteiger partial charge in [-0.2, -0.15) is 18.3 Å². The van der Waals surface area contributed by atoms with E-state index in [9.17, 15) is 32.6 Å². The van der Waals surface area contributed by atoms with Crippen LogP contribution in [0.25, 0.3) is 11.3 Å². The van der Waals surface area contributed by atoms with Gasteiger partial charge in [-0.1, -0.05) is 0 Å². The molecule has 0 saturated heterocycles. The summed E-state index contributed by atoms with van der Waals surface area (Å²) in [5.41, 5.74) is -2.23. The second-order valence-corrected chi connectivity index (χ2v) is 6.31. The van der Waals surface area contributed by atoms with Gasteiger partial charge in [0.1, 0.15) is 11.6 Å². The molecular formula is C18H15F4N5O3. The monoisotopic (exact) mass is 425 g/mol. The van der Waals surface area contributed by atoms with Crippen LogP contribution in [-0.4, -0.2) is 36.3 Å². The smallest absolute Gasteiger partial charge is 0.434 e. The first-order chi connectivity index (χ1) is 14.0. The molecule has 2 aromatic heterocycles. The first-order valence-electron chi connectivity index (χ1n) is 8.42. The van der Waals surface area contributed by atoms with E-state index in [0.29, 0.717) is 11.8 Å². The predicted octanol–water partition coefficient (Wildman–Crippen LogP) is 3.09. The highest BCUT2D eigenvalue weighted by atomic mass is 19.4. The number of aromatic amines is 1. The molecule has 1 aromatic carbocycles. The van der Waals surface area contributed by atoms with Gasteiger partial charge in [0.2, 0.25) is 0 Å². The van der Waals surface area contributed by atoms with Crippen molar-refractivity contribution < 1.29 is 32.6 Å². The summed E-state index contributed by atoms with van der Waals surface area (Å²) in [5, 5.41) is 26.6. The average molecular weight is 425 g/mol. The summed E-state index contributed by atoms with van der Waals surface area (Å²) in [6.07, 6.45) is -3.59. The van der Waals surface area contributed by atoms with E-state index < -0.39 is 47.2 Å². The van der Waals surface area contributed by atoms with Crippen LogP contribution in [-0.2, 0) is 12.8 Å². The quantitative estimate of drug-likeness (QED) is 0.476. The molecule has 30 heavy (non-hydrogen) atoms. The minimum absolute atomic E-state index is 0.00514. The number of alkyl halides is 3. The molecule has 0 aliphatic heterocycles. The van der Waals surface area contributed by atoms with Gasteiger partial charge in [0.15, 0.2) is 5.69 Å². The van der Waals surface area contributed by atoms with Gasteiger partial charge in [-0.3, -0.25) is 14.9 Å². The van der Waals surface area contributed by atoms with Crippen molar-refractivity contribution in [2.24, 2.45) is 0 Å². The number of aryl methyl sites for hydroxylation is 2. The van der Waals surface area contributed by atoms with Crippen LogP contribution in [0.15, 0.2) is 18.3 Å². The molecule has 0 aliphatic rings. The third-order valence-electron chi connectivity index (χ3n) is 4.28. The fraction of sp³-hybridized carbons (Fsp3) is 0.222. The van der Waals surface area contributed by atoms with Crippen LogP contribution >= 0.6 is 0 Å². The zero-order chi connectivity index (χ0) is 22.2. The number of aromatic hydroxyl groups is 1. The standard InChI is InChI=1S/C18H15F4N5O3/c1-7-13(6-28)24-12(5-23-7)9-4-14(29)10(3-11(9)19)17(30)25-15-8(2)26-27-16(15)18(20,21)22/h3-5,28-29H,6H2,1-2H3,(H,25,30)(H,26,27). The van der Waals surface area contributed by atoms with E-state index in [1.54, 1.807) is 12.0 Å². The van der Waals surface area contributed by atoms with Gasteiger partial charge in [0.25, 0.3) is 5.91 Å². The van der Waals surface area contributed by atoms with Gasteiger partial charge < -0.3 is 15.5 Å². The fourth-order valence-electron chi connectivity index (χ4n) is 2.68. The van der Waals surface area contributed by atoms with E-state index in [1.165, 1.54) is 13.1 Å². The maximum Gasteiger partial charge on any atom is 0.434 e. The highest BCUT2D eigenvalue weighted by molar-refractivity contribution is 6.07. The maximum absolute atomic E-state index is 14.6. The minimum atomic E-state index is -4.81. The summed E-state index contributed by atoms with van der Waals surface area (Å²) in [4.78, 5) is 20.4.